The van der Waals surface area contributed by atoms with Gasteiger partial charge in [-0.25, -0.2) is 0 Å². The van der Waals surface area contributed by atoms with Gasteiger partial charge < -0.3 is 4.90 Å². The fraction of sp³-hybridized carbons (Fsp3) is 0.115. The van der Waals surface area contributed by atoms with Gasteiger partial charge in [-0.1, -0.05) is 172 Å². The second kappa shape index (κ2) is 12.2. The first-order valence-corrected chi connectivity index (χ1v) is 18.9. The predicted molar refractivity (Wildman–Crippen MR) is 222 cm³/mol. The van der Waals surface area contributed by atoms with E-state index in [9.17, 15) is 0 Å². The van der Waals surface area contributed by atoms with E-state index in [0.717, 1.165) is 29.9 Å². The van der Waals surface area contributed by atoms with Gasteiger partial charge in [-0.15, -0.1) is 0 Å². The lowest BCUT2D eigenvalue weighted by atomic mass is 9.65. The summed E-state index contributed by atoms with van der Waals surface area (Å²) in [6.07, 6.45) is 6.81. The number of fused-ring (bicyclic) bond motifs is 5. The van der Waals surface area contributed by atoms with Crippen LogP contribution >= 0.6 is 0 Å². The Bertz CT molecular complexity index is 2530. The second-order valence-corrected chi connectivity index (χ2v) is 15.2. The molecule has 1 heteroatoms. The molecule has 0 heterocycles. The van der Waals surface area contributed by atoms with Crippen LogP contribution in [0.2, 0.25) is 0 Å². The minimum absolute atomic E-state index is 0.116. The van der Waals surface area contributed by atoms with Crippen LogP contribution in [0.1, 0.15) is 60.1 Å². The molecule has 0 unspecified atom stereocenters. The second-order valence-electron chi connectivity index (χ2n) is 15.2. The van der Waals surface area contributed by atoms with Crippen molar-refractivity contribution >= 4 is 22.6 Å². The zero-order valence-electron chi connectivity index (χ0n) is 30.3. The summed E-state index contributed by atoms with van der Waals surface area (Å²) in [7, 11) is 0. The monoisotopic (exact) mass is 679 g/mol. The molecule has 7 aromatic rings. The van der Waals surface area contributed by atoms with E-state index >= 15 is 0 Å². The molecular weight excluding hydrogens is 639 g/mol. The number of hydrogen-bond donors (Lipinski definition) is 0. The van der Waals surface area contributed by atoms with Crippen molar-refractivity contribution < 1.29 is 0 Å². The van der Waals surface area contributed by atoms with Crippen LogP contribution in [0, 0.1) is 0 Å². The number of nitrogens with zero attached hydrogens (tertiary/aromatic N) is 1. The van der Waals surface area contributed by atoms with E-state index in [1.807, 2.05) is 0 Å². The van der Waals surface area contributed by atoms with Crippen molar-refractivity contribution in [3.63, 3.8) is 0 Å². The third kappa shape index (κ3) is 4.70. The highest BCUT2D eigenvalue weighted by Crippen LogP contribution is 2.59. The van der Waals surface area contributed by atoms with Gasteiger partial charge in [-0.3, -0.25) is 0 Å². The molecule has 1 nitrogen and oxygen atoms in total. The highest BCUT2D eigenvalue weighted by Gasteiger charge is 2.47. The summed E-state index contributed by atoms with van der Waals surface area (Å²) < 4.78 is 0. The quantitative estimate of drug-likeness (QED) is 0.169. The van der Waals surface area contributed by atoms with Gasteiger partial charge in [-0.2, -0.15) is 0 Å². The molecule has 0 aliphatic heterocycles. The molecule has 3 aliphatic rings. The van der Waals surface area contributed by atoms with Crippen LogP contribution in [0.3, 0.4) is 0 Å². The Hall–Kier alpha value is -6.18. The standard InChI is InChI=1S/C52H41N/c1-51(2)46-27-15-12-25-42(46)44-32-30-39(34-48(44)51)53(50-29-17-14-24-41(50)36-18-6-3-7-19-36)40-31-33-45-43-26-13-16-28-47(43)52(49(45)35-40,37-20-8-4-9-21-37)38-22-10-5-11-23-38/h3-15,17-27,29-35H,16,28H2,1-2H3. The van der Waals surface area contributed by atoms with Crippen molar-refractivity contribution in [1.29, 1.82) is 0 Å². The number of anilines is 3. The summed E-state index contributed by atoms with van der Waals surface area (Å²) in [6, 6.07) is 65.5. The van der Waals surface area contributed by atoms with E-state index in [1.165, 1.54) is 66.8 Å². The van der Waals surface area contributed by atoms with Crippen molar-refractivity contribution in [2.75, 3.05) is 4.90 Å². The van der Waals surface area contributed by atoms with Gasteiger partial charge in [0.2, 0.25) is 0 Å². The van der Waals surface area contributed by atoms with E-state index in [2.05, 4.69) is 207 Å². The largest absolute Gasteiger partial charge is 0.310 e. The number of hydrogen-bond acceptors (Lipinski definition) is 1. The molecule has 0 saturated heterocycles. The molecule has 0 atom stereocenters. The van der Waals surface area contributed by atoms with E-state index in [0.29, 0.717) is 0 Å². The average Bonchev–Trinajstić information content (AvgIpc) is 3.64. The maximum atomic E-state index is 2.51. The van der Waals surface area contributed by atoms with Crippen LogP contribution in [-0.4, -0.2) is 0 Å². The highest BCUT2D eigenvalue weighted by molar-refractivity contribution is 5.95. The molecule has 0 bridgehead atoms. The van der Waals surface area contributed by atoms with E-state index in [4.69, 9.17) is 0 Å². The third-order valence-corrected chi connectivity index (χ3v) is 12.0. The Labute approximate surface area is 313 Å². The van der Waals surface area contributed by atoms with Crippen molar-refractivity contribution in [2.45, 2.75) is 37.5 Å². The van der Waals surface area contributed by atoms with E-state index < -0.39 is 5.41 Å². The van der Waals surface area contributed by atoms with Crippen molar-refractivity contribution in [2.24, 2.45) is 0 Å². The zero-order chi connectivity index (χ0) is 35.6. The Kier molecular flexibility index (Phi) is 7.27. The van der Waals surface area contributed by atoms with Crippen LogP contribution in [-0.2, 0) is 10.8 Å². The van der Waals surface area contributed by atoms with E-state index in [1.54, 1.807) is 0 Å². The Morgan fingerprint density at radius 2 is 1.02 bits per heavy atom. The van der Waals surface area contributed by atoms with Gasteiger partial charge >= 0.3 is 0 Å². The first kappa shape index (κ1) is 31.5. The molecule has 0 radical (unpaired) electrons. The number of rotatable bonds is 6. The molecule has 0 saturated carbocycles. The van der Waals surface area contributed by atoms with Gasteiger partial charge in [0.15, 0.2) is 0 Å². The fourth-order valence-corrected chi connectivity index (χ4v) is 9.68. The molecule has 0 amide bonds. The molecule has 3 aliphatic carbocycles. The van der Waals surface area contributed by atoms with Crippen molar-refractivity contribution in [3.05, 3.63) is 227 Å². The maximum Gasteiger partial charge on any atom is 0.0677 e. The lowest BCUT2D eigenvalue weighted by molar-refractivity contribution is 0.660. The third-order valence-electron chi connectivity index (χ3n) is 12.0. The number of para-hydroxylation sites is 1. The predicted octanol–water partition coefficient (Wildman–Crippen LogP) is 13.6. The molecule has 7 aromatic carbocycles. The van der Waals surface area contributed by atoms with Crippen LogP contribution in [0.25, 0.3) is 27.8 Å². The number of allylic oxidation sites excluding steroid dienone is 4. The summed E-state index contributed by atoms with van der Waals surface area (Å²) in [5.74, 6) is 0. The van der Waals surface area contributed by atoms with Gasteiger partial charge in [-0.05, 0) is 104 Å². The fourth-order valence-electron chi connectivity index (χ4n) is 9.68. The molecule has 0 N–H and O–H groups in total. The first-order chi connectivity index (χ1) is 26.1. The Balaban J connectivity index is 1.25. The summed E-state index contributed by atoms with van der Waals surface area (Å²) in [5, 5.41) is 0. The van der Waals surface area contributed by atoms with Crippen LogP contribution in [0.15, 0.2) is 194 Å². The average molecular weight is 680 g/mol. The minimum Gasteiger partial charge on any atom is -0.310 e. The molecule has 10 rings (SSSR count). The maximum absolute atomic E-state index is 2.51. The van der Waals surface area contributed by atoms with Crippen molar-refractivity contribution in [1.82, 2.24) is 0 Å². The first-order valence-electron chi connectivity index (χ1n) is 18.9. The lowest BCUT2D eigenvalue weighted by Crippen LogP contribution is -2.30. The van der Waals surface area contributed by atoms with Gasteiger partial charge in [0, 0.05) is 22.4 Å². The van der Waals surface area contributed by atoms with Gasteiger partial charge in [0.25, 0.3) is 0 Å². The van der Waals surface area contributed by atoms with Crippen molar-refractivity contribution in [3.8, 4) is 22.3 Å². The van der Waals surface area contributed by atoms with Gasteiger partial charge in [0.05, 0.1) is 11.1 Å². The summed E-state index contributed by atoms with van der Waals surface area (Å²) in [6.45, 7) is 4.74. The normalized spacial score (nSPS) is 15.7. The van der Waals surface area contributed by atoms with Gasteiger partial charge in [0.1, 0.15) is 0 Å². The van der Waals surface area contributed by atoms with Crippen LogP contribution in [0.5, 0.6) is 0 Å². The summed E-state index contributed by atoms with van der Waals surface area (Å²) in [5.41, 5.74) is 19.0. The Morgan fingerprint density at radius 1 is 0.472 bits per heavy atom. The van der Waals surface area contributed by atoms with Crippen LogP contribution in [0.4, 0.5) is 17.1 Å². The summed E-state index contributed by atoms with van der Waals surface area (Å²) >= 11 is 0. The number of benzene rings is 7. The zero-order valence-corrected chi connectivity index (χ0v) is 30.3. The molecule has 0 aromatic heterocycles. The topological polar surface area (TPSA) is 3.24 Å². The van der Waals surface area contributed by atoms with E-state index in [-0.39, 0.29) is 5.41 Å². The highest BCUT2D eigenvalue weighted by atomic mass is 15.1. The molecule has 53 heavy (non-hydrogen) atoms. The molecule has 0 fully saturated rings. The smallest absolute Gasteiger partial charge is 0.0677 e. The Morgan fingerprint density at radius 3 is 1.72 bits per heavy atom. The van der Waals surface area contributed by atoms with Crippen LogP contribution < -0.4 is 4.90 Å². The minimum atomic E-state index is -0.403. The lowest BCUT2D eigenvalue weighted by Gasteiger charge is -2.37. The molecule has 254 valence electrons. The molecular formula is C52H41N. The molecule has 0 spiro atoms. The SMILES string of the molecule is CC1(C)c2ccccc2-c2ccc(N(c3ccc4c(c3)C(c3ccccc3)(c3ccccc3)C3=C4C=CCC3)c3ccccc3-c3ccccc3)cc21. The summed E-state index contributed by atoms with van der Waals surface area (Å²) in [4.78, 5) is 2.51.